The molecule has 0 aromatic heterocycles. The van der Waals surface area contributed by atoms with Gasteiger partial charge in [-0.2, -0.15) is 0 Å². The van der Waals surface area contributed by atoms with E-state index < -0.39 is 5.60 Å². The van der Waals surface area contributed by atoms with E-state index in [1.54, 1.807) is 0 Å². The van der Waals surface area contributed by atoms with Crippen LogP contribution in [0.3, 0.4) is 0 Å². The maximum Gasteiger partial charge on any atom is 0.120 e. The average Bonchev–Trinajstić information content (AvgIpc) is 3.44. The molecule has 1 fully saturated rings. The predicted molar refractivity (Wildman–Crippen MR) is 99.8 cm³/mol. The maximum atomic E-state index is 6.57. The molecule has 0 radical (unpaired) electrons. The average molecular weight is 323 g/mol. The minimum atomic E-state index is -0.452. The Morgan fingerprint density at radius 1 is 1.00 bits per heavy atom. The second kappa shape index (κ2) is 7.96. The molecule has 0 amide bonds. The van der Waals surface area contributed by atoms with Crippen molar-refractivity contribution in [3.05, 3.63) is 71.8 Å². The van der Waals surface area contributed by atoms with Crippen molar-refractivity contribution in [3.63, 3.8) is 0 Å². The van der Waals surface area contributed by atoms with Crippen LogP contribution in [-0.4, -0.2) is 12.6 Å². The van der Waals surface area contributed by atoms with Crippen molar-refractivity contribution in [1.82, 2.24) is 0 Å². The van der Waals surface area contributed by atoms with Gasteiger partial charge in [0, 0.05) is 12.6 Å². The number of ether oxygens (including phenoxy) is 1. The normalized spacial score (nSPS) is 16.1. The van der Waals surface area contributed by atoms with E-state index in [1.807, 2.05) is 0 Å². The second-order valence-corrected chi connectivity index (χ2v) is 7.05. The highest BCUT2D eigenvalue weighted by molar-refractivity contribution is 5.36. The second-order valence-electron chi connectivity index (χ2n) is 7.05. The number of hydrogen-bond donors (Lipinski definition) is 1. The quantitative estimate of drug-likeness (QED) is 0.714. The Hall–Kier alpha value is -1.64. The zero-order chi connectivity index (χ0) is 16.8. The molecule has 0 spiro atoms. The summed E-state index contributed by atoms with van der Waals surface area (Å²) < 4.78 is 6.54. The zero-order valence-corrected chi connectivity index (χ0v) is 14.7. The third-order valence-electron chi connectivity index (χ3n) is 4.92. The molecule has 128 valence electrons. The van der Waals surface area contributed by atoms with Crippen molar-refractivity contribution in [2.24, 2.45) is 11.7 Å². The highest BCUT2D eigenvalue weighted by Crippen LogP contribution is 2.41. The summed E-state index contributed by atoms with van der Waals surface area (Å²) in [6, 6.07) is 21.3. The molecular weight excluding hydrogens is 294 g/mol. The van der Waals surface area contributed by atoms with E-state index >= 15 is 0 Å². The molecular formula is C22H29NO. The largest absolute Gasteiger partial charge is 0.365 e. The lowest BCUT2D eigenvalue weighted by Gasteiger charge is -2.37. The van der Waals surface area contributed by atoms with E-state index in [2.05, 4.69) is 67.6 Å². The zero-order valence-electron chi connectivity index (χ0n) is 14.7. The van der Waals surface area contributed by atoms with Crippen LogP contribution in [0.4, 0.5) is 0 Å². The van der Waals surface area contributed by atoms with Gasteiger partial charge >= 0.3 is 0 Å². The standard InChI is InChI=1S/C22H29NO/c1-2-15-24-22(19-9-5-3-6-10-19,20-11-7-4-8-12-20)17-21(23)16-18-13-14-18/h3-12,18,21H,2,13-17,23H2,1H3. The van der Waals surface area contributed by atoms with Crippen LogP contribution in [-0.2, 0) is 10.3 Å². The van der Waals surface area contributed by atoms with Crippen LogP contribution < -0.4 is 5.73 Å². The van der Waals surface area contributed by atoms with Crippen molar-refractivity contribution in [1.29, 1.82) is 0 Å². The van der Waals surface area contributed by atoms with Gasteiger partial charge in [-0.05, 0) is 36.3 Å². The Morgan fingerprint density at radius 2 is 1.54 bits per heavy atom. The fourth-order valence-corrected chi connectivity index (χ4v) is 3.55. The van der Waals surface area contributed by atoms with Gasteiger partial charge < -0.3 is 10.5 Å². The van der Waals surface area contributed by atoms with Crippen molar-refractivity contribution in [2.75, 3.05) is 6.61 Å². The van der Waals surface area contributed by atoms with Gasteiger partial charge in [0.15, 0.2) is 0 Å². The van der Waals surface area contributed by atoms with Crippen molar-refractivity contribution in [2.45, 2.75) is 50.7 Å². The van der Waals surface area contributed by atoms with E-state index in [9.17, 15) is 0 Å². The molecule has 2 heteroatoms. The van der Waals surface area contributed by atoms with Gasteiger partial charge in [-0.3, -0.25) is 0 Å². The lowest BCUT2D eigenvalue weighted by atomic mass is 9.80. The van der Waals surface area contributed by atoms with E-state index in [0.717, 1.165) is 31.8 Å². The van der Waals surface area contributed by atoms with Crippen LogP contribution in [0.25, 0.3) is 0 Å². The molecule has 1 unspecified atom stereocenters. The number of nitrogens with two attached hydrogens (primary N) is 1. The van der Waals surface area contributed by atoms with E-state index in [1.165, 1.54) is 24.0 Å². The van der Waals surface area contributed by atoms with Gasteiger partial charge in [0.05, 0.1) is 0 Å². The number of hydrogen-bond acceptors (Lipinski definition) is 2. The van der Waals surface area contributed by atoms with Gasteiger partial charge in [-0.25, -0.2) is 0 Å². The predicted octanol–water partition coefficient (Wildman–Crippen LogP) is 4.87. The fourth-order valence-electron chi connectivity index (χ4n) is 3.55. The van der Waals surface area contributed by atoms with E-state index in [-0.39, 0.29) is 6.04 Å². The topological polar surface area (TPSA) is 35.2 Å². The van der Waals surface area contributed by atoms with E-state index in [4.69, 9.17) is 10.5 Å². The minimum Gasteiger partial charge on any atom is -0.365 e. The van der Waals surface area contributed by atoms with Crippen molar-refractivity contribution < 1.29 is 4.74 Å². The third kappa shape index (κ3) is 4.06. The molecule has 24 heavy (non-hydrogen) atoms. The number of benzene rings is 2. The summed E-state index contributed by atoms with van der Waals surface area (Å²) in [4.78, 5) is 0. The Morgan fingerprint density at radius 3 is 2.00 bits per heavy atom. The Balaban J connectivity index is 1.98. The van der Waals surface area contributed by atoms with Crippen LogP contribution in [0.5, 0.6) is 0 Å². The summed E-state index contributed by atoms with van der Waals surface area (Å²) in [5.74, 6) is 0.829. The summed E-state index contributed by atoms with van der Waals surface area (Å²) in [7, 11) is 0. The van der Waals surface area contributed by atoms with Gasteiger partial charge in [-0.15, -0.1) is 0 Å². The smallest absolute Gasteiger partial charge is 0.120 e. The molecule has 2 aromatic rings. The fraction of sp³-hybridized carbons (Fsp3) is 0.455. The Labute approximate surface area is 146 Å². The van der Waals surface area contributed by atoms with E-state index in [0.29, 0.717) is 0 Å². The van der Waals surface area contributed by atoms with Crippen molar-refractivity contribution >= 4 is 0 Å². The summed E-state index contributed by atoms with van der Waals surface area (Å²) in [6.07, 6.45) is 5.62. The van der Waals surface area contributed by atoms with Crippen LogP contribution in [0.2, 0.25) is 0 Å². The summed E-state index contributed by atoms with van der Waals surface area (Å²) in [6.45, 7) is 2.89. The van der Waals surface area contributed by atoms with Gasteiger partial charge in [0.25, 0.3) is 0 Å². The SMILES string of the molecule is CCCOC(CC(N)CC1CC1)(c1ccccc1)c1ccccc1. The lowest BCUT2D eigenvalue weighted by Crippen LogP contribution is -2.39. The first-order valence-corrected chi connectivity index (χ1v) is 9.25. The van der Waals surface area contributed by atoms with Gasteiger partial charge in [0.2, 0.25) is 0 Å². The summed E-state index contributed by atoms with van der Waals surface area (Å²) >= 11 is 0. The Kier molecular flexibility index (Phi) is 5.70. The molecule has 1 atom stereocenters. The summed E-state index contributed by atoms with van der Waals surface area (Å²) in [5, 5.41) is 0. The Bertz CT molecular complexity index is 567. The monoisotopic (exact) mass is 323 g/mol. The van der Waals surface area contributed by atoms with Crippen molar-refractivity contribution in [3.8, 4) is 0 Å². The van der Waals surface area contributed by atoms with Crippen LogP contribution in [0.15, 0.2) is 60.7 Å². The first kappa shape index (κ1) is 17.2. The molecule has 2 nitrogen and oxygen atoms in total. The molecule has 1 aliphatic carbocycles. The van der Waals surface area contributed by atoms with Crippen LogP contribution in [0.1, 0.15) is 50.2 Å². The molecule has 2 aromatic carbocycles. The molecule has 1 aliphatic rings. The molecule has 0 aliphatic heterocycles. The molecule has 0 bridgehead atoms. The van der Waals surface area contributed by atoms with Crippen LogP contribution >= 0.6 is 0 Å². The molecule has 2 N–H and O–H groups in total. The van der Waals surface area contributed by atoms with Gasteiger partial charge in [-0.1, -0.05) is 80.4 Å². The first-order chi connectivity index (χ1) is 11.7. The molecule has 0 saturated heterocycles. The maximum absolute atomic E-state index is 6.57. The summed E-state index contributed by atoms with van der Waals surface area (Å²) in [5.41, 5.74) is 8.52. The van der Waals surface area contributed by atoms with Gasteiger partial charge in [0.1, 0.15) is 5.60 Å². The lowest BCUT2D eigenvalue weighted by molar-refractivity contribution is -0.0297. The van der Waals surface area contributed by atoms with Crippen LogP contribution in [0, 0.1) is 5.92 Å². The molecule has 3 rings (SSSR count). The highest BCUT2D eigenvalue weighted by atomic mass is 16.5. The molecule has 1 saturated carbocycles. The third-order valence-corrected chi connectivity index (χ3v) is 4.92. The molecule has 0 heterocycles. The number of rotatable bonds is 9. The highest BCUT2D eigenvalue weighted by Gasteiger charge is 2.38. The first-order valence-electron chi connectivity index (χ1n) is 9.25. The minimum absolute atomic E-state index is 0.162.